The minimum atomic E-state index is 0.252. The summed E-state index contributed by atoms with van der Waals surface area (Å²) in [6.45, 7) is 4.35. The van der Waals surface area contributed by atoms with Crippen molar-refractivity contribution in [3.05, 3.63) is 23.8 Å². The maximum absolute atomic E-state index is 8.71. The van der Waals surface area contributed by atoms with E-state index in [2.05, 4.69) is 12.2 Å². The number of hydrogen-bond donors (Lipinski definition) is 3. The summed E-state index contributed by atoms with van der Waals surface area (Å²) in [5, 5.41) is 12.1. The molecule has 1 unspecified atom stereocenters. The number of nitrogen functional groups attached to an aromatic ring is 1. The van der Waals surface area contributed by atoms with E-state index >= 15 is 0 Å². The molecule has 15 heavy (non-hydrogen) atoms. The van der Waals surface area contributed by atoms with Gasteiger partial charge in [0.1, 0.15) is 0 Å². The Morgan fingerprint density at radius 2 is 2.20 bits per heavy atom. The van der Waals surface area contributed by atoms with E-state index in [1.165, 1.54) is 0 Å². The lowest BCUT2D eigenvalue weighted by Gasteiger charge is -2.15. The van der Waals surface area contributed by atoms with Crippen LogP contribution in [0.25, 0.3) is 0 Å². The van der Waals surface area contributed by atoms with Crippen molar-refractivity contribution < 1.29 is 5.11 Å². The summed E-state index contributed by atoms with van der Waals surface area (Å²) in [4.78, 5) is 0. The van der Waals surface area contributed by atoms with Crippen molar-refractivity contribution in [3.63, 3.8) is 0 Å². The molecule has 0 amide bonds. The van der Waals surface area contributed by atoms with Crippen molar-refractivity contribution in [1.29, 1.82) is 0 Å². The molecule has 84 valence electrons. The molecule has 0 aliphatic heterocycles. The van der Waals surface area contributed by atoms with Gasteiger partial charge < -0.3 is 16.2 Å². The van der Waals surface area contributed by atoms with Gasteiger partial charge in [0.25, 0.3) is 0 Å². The highest BCUT2D eigenvalue weighted by Gasteiger charge is 2.02. The first kappa shape index (κ1) is 11.9. The predicted molar refractivity (Wildman–Crippen MR) is 65.0 cm³/mol. The number of benzene rings is 1. The third-order valence-electron chi connectivity index (χ3n) is 2.49. The lowest BCUT2D eigenvalue weighted by Crippen LogP contribution is -2.15. The molecule has 0 aliphatic carbocycles. The second-order valence-corrected chi connectivity index (χ2v) is 3.98. The predicted octanol–water partition coefficient (Wildman–Crippen LogP) is 2.15. The second kappa shape index (κ2) is 5.61. The highest BCUT2D eigenvalue weighted by atomic mass is 16.2. The minimum Gasteiger partial charge on any atom is -0.398 e. The second-order valence-electron chi connectivity index (χ2n) is 3.98. The average Bonchev–Trinajstić information content (AvgIpc) is 2.20. The number of anilines is 2. The molecular weight excluding hydrogens is 188 g/mol. The van der Waals surface area contributed by atoms with Gasteiger partial charge in [-0.2, -0.15) is 0 Å². The van der Waals surface area contributed by atoms with Crippen molar-refractivity contribution in [3.8, 4) is 0 Å². The molecule has 0 saturated heterocycles. The van der Waals surface area contributed by atoms with Crippen molar-refractivity contribution in [2.75, 3.05) is 17.7 Å². The van der Waals surface area contributed by atoms with Gasteiger partial charge >= 0.3 is 0 Å². The summed E-state index contributed by atoms with van der Waals surface area (Å²) in [6, 6.07) is 6.35. The monoisotopic (exact) mass is 208 g/mol. The van der Waals surface area contributed by atoms with E-state index in [0.29, 0.717) is 6.04 Å². The summed E-state index contributed by atoms with van der Waals surface area (Å²) >= 11 is 0. The van der Waals surface area contributed by atoms with E-state index in [9.17, 15) is 0 Å². The van der Waals surface area contributed by atoms with Crippen molar-refractivity contribution >= 4 is 11.4 Å². The van der Waals surface area contributed by atoms with Crippen LogP contribution in [-0.4, -0.2) is 17.8 Å². The third-order valence-corrected chi connectivity index (χ3v) is 2.49. The smallest absolute Gasteiger partial charge is 0.0431 e. The fourth-order valence-corrected chi connectivity index (χ4v) is 1.48. The van der Waals surface area contributed by atoms with Gasteiger partial charge in [-0.25, -0.2) is 0 Å². The Labute approximate surface area is 91.3 Å². The van der Waals surface area contributed by atoms with Gasteiger partial charge in [0.05, 0.1) is 0 Å². The molecule has 1 atom stereocenters. The molecule has 0 spiro atoms. The van der Waals surface area contributed by atoms with Crippen LogP contribution in [-0.2, 0) is 0 Å². The van der Waals surface area contributed by atoms with Crippen molar-refractivity contribution in [2.24, 2.45) is 0 Å². The zero-order valence-electron chi connectivity index (χ0n) is 9.46. The fourth-order valence-electron chi connectivity index (χ4n) is 1.48. The van der Waals surface area contributed by atoms with Crippen molar-refractivity contribution in [1.82, 2.24) is 0 Å². The molecule has 3 nitrogen and oxygen atoms in total. The van der Waals surface area contributed by atoms with Crippen LogP contribution in [0.1, 0.15) is 25.3 Å². The molecule has 0 saturated carbocycles. The molecular formula is C12H20N2O. The quantitative estimate of drug-likeness (QED) is 0.650. The van der Waals surface area contributed by atoms with Crippen LogP contribution in [0.2, 0.25) is 0 Å². The molecule has 3 heteroatoms. The highest BCUT2D eigenvalue weighted by molar-refractivity contribution is 5.58. The Morgan fingerprint density at radius 3 is 2.80 bits per heavy atom. The summed E-state index contributed by atoms with van der Waals surface area (Å²) in [5.41, 5.74) is 8.78. The number of nitrogens with two attached hydrogens (primary N) is 1. The Hall–Kier alpha value is -1.22. The number of hydrogen-bond acceptors (Lipinski definition) is 3. The summed E-state index contributed by atoms with van der Waals surface area (Å²) in [5.74, 6) is 0. The van der Waals surface area contributed by atoms with E-state index in [4.69, 9.17) is 10.8 Å². The summed E-state index contributed by atoms with van der Waals surface area (Å²) < 4.78 is 0. The Kier molecular flexibility index (Phi) is 4.43. The minimum absolute atomic E-state index is 0.252. The van der Waals surface area contributed by atoms with E-state index in [0.717, 1.165) is 29.8 Å². The van der Waals surface area contributed by atoms with Gasteiger partial charge in [-0.15, -0.1) is 0 Å². The molecule has 0 bridgehead atoms. The van der Waals surface area contributed by atoms with Gasteiger partial charge in [-0.05, 0) is 44.4 Å². The van der Waals surface area contributed by atoms with Crippen LogP contribution in [0.5, 0.6) is 0 Å². The number of nitrogens with one attached hydrogen (secondary N) is 1. The fraction of sp³-hybridized carbons (Fsp3) is 0.500. The largest absolute Gasteiger partial charge is 0.398 e. The van der Waals surface area contributed by atoms with E-state index in [1.54, 1.807) is 0 Å². The highest BCUT2D eigenvalue weighted by Crippen LogP contribution is 2.18. The van der Waals surface area contributed by atoms with Crippen LogP contribution < -0.4 is 11.1 Å². The lowest BCUT2D eigenvalue weighted by atomic mass is 10.1. The average molecular weight is 208 g/mol. The molecule has 0 aromatic heterocycles. The first-order chi connectivity index (χ1) is 7.13. The maximum atomic E-state index is 8.71. The molecule has 1 aromatic carbocycles. The zero-order chi connectivity index (χ0) is 11.3. The third kappa shape index (κ3) is 3.80. The molecule has 1 rings (SSSR count). The van der Waals surface area contributed by atoms with Crippen molar-refractivity contribution in [2.45, 2.75) is 32.7 Å². The van der Waals surface area contributed by atoms with Crippen LogP contribution in [0.4, 0.5) is 11.4 Å². The number of aryl methyl sites for hydroxylation is 1. The Bertz CT molecular complexity index is 312. The van der Waals surface area contributed by atoms with Gasteiger partial charge in [0.2, 0.25) is 0 Å². The van der Waals surface area contributed by atoms with E-state index in [-0.39, 0.29) is 6.61 Å². The molecule has 0 heterocycles. The van der Waals surface area contributed by atoms with Gasteiger partial charge in [0, 0.05) is 24.0 Å². The standard InChI is InChI=1S/C12H20N2O/c1-9-5-6-11(8-12(9)13)14-10(2)4-3-7-15/h5-6,8,10,14-15H,3-4,7,13H2,1-2H3. The topological polar surface area (TPSA) is 58.3 Å². The normalized spacial score (nSPS) is 12.5. The molecule has 0 fully saturated rings. The number of rotatable bonds is 5. The molecule has 0 radical (unpaired) electrons. The maximum Gasteiger partial charge on any atom is 0.0431 e. The first-order valence-electron chi connectivity index (χ1n) is 5.37. The molecule has 4 N–H and O–H groups in total. The van der Waals surface area contributed by atoms with Crippen LogP contribution in [0, 0.1) is 6.92 Å². The summed E-state index contributed by atoms with van der Waals surface area (Å²) in [7, 11) is 0. The number of aliphatic hydroxyl groups is 1. The van der Waals surface area contributed by atoms with Gasteiger partial charge in [-0.1, -0.05) is 6.07 Å². The van der Waals surface area contributed by atoms with Crippen LogP contribution in [0.3, 0.4) is 0 Å². The van der Waals surface area contributed by atoms with E-state index < -0.39 is 0 Å². The lowest BCUT2D eigenvalue weighted by molar-refractivity contribution is 0.282. The van der Waals surface area contributed by atoms with Crippen LogP contribution >= 0.6 is 0 Å². The first-order valence-corrected chi connectivity index (χ1v) is 5.37. The van der Waals surface area contributed by atoms with Gasteiger partial charge in [0.15, 0.2) is 0 Å². The molecule has 0 aliphatic rings. The molecule has 1 aromatic rings. The van der Waals surface area contributed by atoms with E-state index in [1.807, 2.05) is 25.1 Å². The zero-order valence-corrected chi connectivity index (χ0v) is 9.46. The number of aliphatic hydroxyl groups excluding tert-OH is 1. The summed E-state index contributed by atoms with van der Waals surface area (Å²) in [6.07, 6.45) is 1.79. The van der Waals surface area contributed by atoms with Crippen LogP contribution in [0.15, 0.2) is 18.2 Å². The Balaban J connectivity index is 2.53. The SMILES string of the molecule is Cc1ccc(NC(C)CCCO)cc1N. The Morgan fingerprint density at radius 1 is 1.47 bits per heavy atom. The van der Waals surface area contributed by atoms with Gasteiger partial charge in [-0.3, -0.25) is 0 Å².